The van der Waals surface area contributed by atoms with Crippen molar-refractivity contribution < 1.29 is 0 Å². The van der Waals surface area contributed by atoms with Crippen LogP contribution in [0.25, 0.3) is 16.5 Å². The predicted molar refractivity (Wildman–Crippen MR) is 66.1 cm³/mol. The zero-order chi connectivity index (χ0) is 11.0. The quantitative estimate of drug-likeness (QED) is 0.581. The summed E-state index contributed by atoms with van der Waals surface area (Å²) in [6, 6.07) is 12.0. The molecule has 0 bridgehead atoms. The lowest BCUT2D eigenvalue weighted by atomic mass is 10.1. The third kappa shape index (κ3) is 1.39. The van der Waals surface area contributed by atoms with E-state index >= 15 is 0 Å². The van der Waals surface area contributed by atoms with Crippen molar-refractivity contribution in [3.63, 3.8) is 0 Å². The van der Waals surface area contributed by atoms with E-state index in [4.69, 9.17) is 11.6 Å². The minimum absolute atomic E-state index is 0.548. The van der Waals surface area contributed by atoms with Crippen LogP contribution in [0.15, 0.2) is 55.0 Å². The van der Waals surface area contributed by atoms with E-state index in [1.54, 1.807) is 6.20 Å². The van der Waals surface area contributed by atoms with Gasteiger partial charge in [-0.3, -0.25) is 0 Å². The van der Waals surface area contributed by atoms with Gasteiger partial charge in [-0.2, -0.15) is 0 Å². The zero-order valence-corrected chi connectivity index (χ0v) is 9.22. The van der Waals surface area contributed by atoms with Gasteiger partial charge < -0.3 is 4.57 Å². The second kappa shape index (κ2) is 3.65. The number of nitrogens with zero attached hydrogens (tertiary/aromatic N) is 2. The van der Waals surface area contributed by atoms with E-state index < -0.39 is 0 Å². The predicted octanol–water partition coefficient (Wildman–Crippen LogP) is 3.68. The SMILES string of the molecule is Clc1nccc2c(-n3cccc3)cccc12. The molecule has 2 heterocycles. The summed E-state index contributed by atoms with van der Waals surface area (Å²) in [4.78, 5) is 4.09. The fourth-order valence-corrected chi connectivity index (χ4v) is 2.10. The van der Waals surface area contributed by atoms with Gasteiger partial charge in [0.2, 0.25) is 0 Å². The van der Waals surface area contributed by atoms with Gasteiger partial charge in [0, 0.05) is 29.4 Å². The Hall–Kier alpha value is -1.80. The molecule has 0 amide bonds. The summed E-state index contributed by atoms with van der Waals surface area (Å²) < 4.78 is 2.07. The Morgan fingerprint density at radius 2 is 1.75 bits per heavy atom. The maximum absolute atomic E-state index is 6.07. The maximum atomic E-state index is 6.07. The van der Waals surface area contributed by atoms with Crippen molar-refractivity contribution in [3.8, 4) is 5.69 Å². The monoisotopic (exact) mass is 228 g/mol. The molecule has 0 aliphatic heterocycles. The van der Waals surface area contributed by atoms with Gasteiger partial charge in [-0.25, -0.2) is 4.98 Å². The first-order valence-corrected chi connectivity index (χ1v) is 5.40. The molecule has 1 aromatic carbocycles. The van der Waals surface area contributed by atoms with Gasteiger partial charge >= 0.3 is 0 Å². The lowest BCUT2D eigenvalue weighted by Gasteiger charge is -2.07. The van der Waals surface area contributed by atoms with Gasteiger partial charge in [0.25, 0.3) is 0 Å². The summed E-state index contributed by atoms with van der Waals surface area (Å²) in [7, 11) is 0. The molecule has 0 spiro atoms. The van der Waals surface area contributed by atoms with E-state index in [0.717, 1.165) is 16.5 Å². The van der Waals surface area contributed by atoms with Gasteiger partial charge in [0.1, 0.15) is 5.15 Å². The number of aromatic nitrogens is 2. The van der Waals surface area contributed by atoms with Crippen LogP contribution in [0, 0.1) is 0 Å². The average Bonchev–Trinajstić information content (AvgIpc) is 2.82. The van der Waals surface area contributed by atoms with Crippen LogP contribution >= 0.6 is 11.6 Å². The second-order valence-electron chi connectivity index (χ2n) is 3.56. The summed E-state index contributed by atoms with van der Waals surface area (Å²) in [6.45, 7) is 0. The smallest absolute Gasteiger partial charge is 0.136 e. The highest BCUT2D eigenvalue weighted by Crippen LogP contribution is 2.26. The van der Waals surface area contributed by atoms with Crippen molar-refractivity contribution in [1.29, 1.82) is 0 Å². The molecule has 0 atom stereocenters. The molecule has 0 saturated carbocycles. The highest BCUT2D eigenvalue weighted by Gasteiger charge is 2.04. The molecule has 0 fully saturated rings. The third-order valence-corrected chi connectivity index (χ3v) is 2.92. The molecule has 2 nitrogen and oxygen atoms in total. The fraction of sp³-hybridized carbons (Fsp3) is 0. The minimum atomic E-state index is 0.548. The average molecular weight is 229 g/mol. The molecule has 78 valence electrons. The maximum Gasteiger partial charge on any atom is 0.136 e. The summed E-state index contributed by atoms with van der Waals surface area (Å²) in [5, 5.41) is 2.64. The third-order valence-electron chi connectivity index (χ3n) is 2.62. The van der Waals surface area contributed by atoms with Crippen LogP contribution in [0.3, 0.4) is 0 Å². The molecule has 16 heavy (non-hydrogen) atoms. The van der Waals surface area contributed by atoms with Crippen molar-refractivity contribution in [3.05, 3.63) is 60.1 Å². The second-order valence-corrected chi connectivity index (χ2v) is 3.92. The standard InChI is InChI=1S/C13H9ClN2/c14-13-11-4-3-5-12(10(11)6-7-15-13)16-8-1-2-9-16/h1-9H. The Bertz CT molecular complexity index is 629. The van der Waals surface area contributed by atoms with E-state index in [1.165, 1.54) is 0 Å². The lowest BCUT2D eigenvalue weighted by Crippen LogP contribution is -1.91. The van der Waals surface area contributed by atoms with Crippen LogP contribution in [0.5, 0.6) is 0 Å². The van der Waals surface area contributed by atoms with E-state index in [-0.39, 0.29) is 0 Å². The van der Waals surface area contributed by atoms with Gasteiger partial charge in [0.15, 0.2) is 0 Å². The first-order chi connectivity index (χ1) is 7.86. The van der Waals surface area contributed by atoms with Crippen molar-refractivity contribution in [2.45, 2.75) is 0 Å². The summed E-state index contributed by atoms with van der Waals surface area (Å²) >= 11 is 6.07. The molecular weight excluding hydrogens is 220 g/mol. The molecule has 0 aliphatic carbocycles. The van der Waals surface area contributed by atoms with Crippen LogP contribution in [-0.2, 0) is 0 Å². The first kappa shape index (κ1) is 9.43. The van der Waals surface area contributed by atoms with E-state index in [1.807, 2.05) is 42.7 Å². The van der Waals surface area contributed by atoms with Crippen LogP contribution < -0.4 is 0 Å². The topological polar surface area (TPSA) is 17.8 Å². The van der Waals surface area contributed by atoms with Crippen molar-refractivity contribution in [1.82, 2.24) is 9.55 Å². The minimum Gasteiger partial charge on any atom is -0.323 e. The highest BCUT2D eigenvalue weighted by atomic mass is 35.5. The lowest BCUT2D eigenvalue weighted by molar-refractivity contribution is 1.09. The molecule has 0 aliphatic rings. The van der Waals surface area contributed by atoms with Crippen molar-refractivity contribution >= 4 is 22.4 Å². The van der Waals surface area contributed by atoms with Gasteiger partial charge in [-0.05, 0) is 24.3 Å². The van der Waals surface area contributed by atoms with E-state index in [9.17, 15) is 0 Å². The van der Waals surface area contributed by atoms with Gasteiger partial charge in [-0.15, -0.1) is 0 Å². The van der Waals surface area contributed by atoms with Gasteiger partial charge in [0.05, 0.1) is 5.69 Å². The van der Waals surface area contributed by atoms with Gasteiger partial charge in [-0.1, -0.05) is 23.7 Å². The summed E-state index contributed by atoms with van der Waals surface area (Å²) in [5.41, 5.74) is 1.12. The molecule has 3 rings (SSSR count). The molecule has 3 aromatic rings. The summed E-state index contributed by atoms with van der Waals surface area (Å²) in [5.74, 6) is 0. The highest BCUT2D eigenvalue weighted by molar-refractivity contribution is 6.34. The number of hydrogen-bond acceptors (Lipinski definition) is 1. The normalized spacial score (nSPS) is 10.8. The van der Waals surface area contributed by atoms with Crippen molar-refractivity contribution in [2.75, 3.05) is 0 Å². The van der Waals surface area contributed by atoms with E-state index in [0.29, 0.717) is 5.15 Å². The fourth-order valence-electron chi connectivity index (χ4n) is 1.88. The number of rotatable bonds is 1. The Morgan fingerprint density at radius 3 is 2.56 bits per heavy atom. The van der Waals surface area contributed by atoms with Crippen LogP contribution in [-0.4, -0.2) is 9.55 Å². The molecule has 0 unspecified atom stereocenters. The molecule has 3 heteroatoms. The number of benzene rings is 1. The van der Waals surface area contributed by atoms with Crippen LogP contribution in [0.1, 0.15) is 0 Å². The number of pyridine rings is 1. The number of halogens is 1. The molecular formula is C13H9ClN2. The molecule has 2 aromatic heterocycles. The Labute approximate surface area is 98.1 Å². The Balaban J connectivity index is 2.38. The first-order valence-electron chi connectivity index (χ1n) is 5.03. The molecule has 0 radical (unpaired) electrons. The molecule has 0 saturated heterocycles. The molecule has 0 N–H and O–H groups in total. The van der Waals surface area contributed by atoms with Crippen molar-refractivity contribution in [2.24, 2.45) is 0 Å². The summed E-state index contributed by atoms with van der Waals surface area (Å²) in [6.07, 6.45) is 5.77. The largest absolute Gasteiger partial charge is 0.323 e. The number of hydrogen-bond donors (Lipinski definition) is 0. The number of fused-ring (bicyclic) bond motifs is 1. The Morgan fingerprint density at radius 1 is 0.938 bits per heavy atom. The van der Waals surface area contributed by atoms with Crippen LogP contribution in [0.4, 0.5) is 0 Å². The zero-order valence-electron chi connectivity index (χ0n) is 8.47. The Kier molecular flexibility index (Phi) is 2.15. The van der Waals surface area contributed by atoms with Crippen LogP contribution in [0.2, 0.25) is 5.15 Å². The van der Waals surface area contributed by atoms with E-state index in [2.05, 4.69) is 15.6 Å².